The third-order valence-corrected chi connectivity index (χ3v) is 5.32. The summed E-state index contributed by atoms with van der Waals surface area (Å²) in [5, 5.41) is 0. The molecule has 6 heteroatoms. The van der Waals surface area contributed by atoms with Crippen LogP contribution in [0, 0.1) is 0 Å². The minimum Gasteiger partial charge on any atom is -0.361 e. The summed E-state index contributed by atoms with van der Waals surface area (Å²) >= 11 is 3.43. The number of halogens is 4. The van der Waals surface area contributed by atoms with Crippen LogP contribution in [-0.2, 0) is 23.1 Å². The van der Waals surface area contributed by atoms with Crippen molar-refractivity contribution in [3.05, 3.63) is 69.2 Å². The van der Waals surface area contributed by atoms with E-state index < -0.39 is 17.3 Å². The van der Waals surface area contributed by atoms with Gasteiger partial charge in [0.15, 0.2) is 0 Å². The Morgan fingerprint density at radius 2 is 1.81 bits per heavy atom. The first kappa shape index (κ1) is 19.4. The molecule has 0 saturated carbocycles. The second-order valence-corrected chi connectivity index (χ2v) is 7.81. The van der Waals surface area contributed by atoms with Gasteiger partial charge in [-0.3, -0.25) is 0 Å². The highest BCUT2D eigenvalue weighted by atomic mass is 79.9. The molecule has 0 fully saturated rings. The van der Waals surface area contributed by atoms with E-state index in [0.29, 0.717) is 12.0 Å². The van der Waals surface area contributed by atoms with Gasteiger partial charge in [-0.25, -0.2) is 0 Å². The van der Waals surface area contributed by atoms with Crippen molar-refractivity contribution in [3.63, 3.8) is 0 Å². The molecule has 1 aliphatic rings. The number of benzene rings is 2. The average Bonchev–Trinajstić information content (AvgIpc) is 2.94. The molecule has 0 radical (unpaired) electrons. The van der Waals surface area contributed by atoms with E-state index in [2.05, 4.69) is 20.8 Å². The predicted octanol–water partition coefficient (Wildman–Crippen LogP) is 5.58. The number of fused-ring (bicyclic) bond motifs is 1. The van der Waals surface area contributed by atoms with Crippen LogP contribution in [0.25, 0.3) is 0 Å². The fraction of sp³-hybridized carbons (Fsp3) is 0.400. The van der Waals surface area contributed by atoms with E-state index >= 15 is 0 Å². The molecule has 3 rings (SSSR count). The van der Waals surface area contributed by atoms with E-state index in [4.69, 9.17) is 4.74 Å². The van der Waals surface area contributed by atoms with Gasteiger partial charge in [0.2, 0.25) is 0 Å². The summed E-state index contributed by atoms with van der Waals surface area (Å²) in [5.41, 5.74) is 1.10. The summed E-state index contributed by atoms with van der Waals surface area (Å²) in [6.45, 7) is 1.08. The molecule has 0 bridgehead atoms. The van der Waals surface area contributed by atoms with Crippen LogP contribution in [0.15, 0.2) is 46.9 Å². The standard InChI is InChI=1S/C20H21BrF3NO/c1-25(2)11-3-10-19(15-4-7-17(21)8-5-15)18-9-6-16(20(22,23)24)12-14(18)13-26-19/h4-9,12H,3,10-11,13H2,1-2H3. The monoisotopic (exact) mass is 427 g/mol. The highest BCUT2D eigenvalue weighted by molar-refractivity contribution is 9.10. The van der Waals surface area contributed by atoms with Crippen LogP contribution in [0.5, 0.6) is 0 Å². The third-order valence-electron chi connectivity index (χ3n) is 4.79. The topological polar surface area (TPSA) is 12.5 Å². The van der Waals surface area contributed by atoms with Gasteiger partial charge >= 0.3 is 6.18 Å². The summed E-state index contributed by atoms with van der Waals surface area (Å²) < 4.78 is 46.3. The van der Waals surface area contributed by atoms with Crippen LogP contribution in [0.3, 0.4) is 0 Å². The lowest BCUT2D eigenvalue weighted by molar-refractivity contribution is -0.137. The van der Waals surface area contributed by atoms with Gasteiger partial charge in [0.1, 0.15) is 5.60 Å². The molecule has 0 saturated heterocycles. The molecule has 0 amide bonds. The van der Waals surface area contributed by atoms with Gasteiger partial charge in [0.25, 0.3) is 0 Å². The van der Waals surface area contributed by atoms with E-state index in [0.717, 1.165) is 34.6 Å². The Hall–Kier alpha value is -1.37. The van der Waals surface area contributed by atoms with Gasteiger partial charge in [-0.05, 0) is 74.4 Å². The summed E-state index contributed by atoms with van der Waals surface area (Å²) in [5.74, 6) is 0. The molecule has 0 aliphatic carbocycles. The number of ether oxygens (including phenoxy) is 1. The van der Waals surface area contributed by atoms with Crippen LogP contribution in [-0.4, -0.2) is 25.5 Å². The Kier molecular flexibility index (Phi) is 5.47. The quantitative estimate of drug-likeness (QED) is 0.616. The second kappa shape index (κ2) is 7.33. The number of alkyl halides is 3. The zero-order valence-electron chi connectivity index (χ0n) is 14.7. The first-order chi connectivity index (χ1) is 12.2. The largest absolute Gasteiger partial charge is 0.416 e. The minimum absolute atomic E-state index is 0.192. The Balaban J connectivity index is 2.02. The number of hydrogen-bond acceptors (Lipinski definition) is 2. The van der Waals surface area contributed by atoms with Crippen molar-refractivity contribution in [2.24, 2.45) is 0 Å². The van der Waals surface area contributed by atoms with Crippen molar-refractivity contribution in [2.75, 3.05) is 20.6 Å². The van der Waals surface area contributed by atoms with Crippen LogP contribution < -0.4 is 0 Å². The molecular formula is C20H21BrF3NO. The smallest absolute Gasteiger partial charge is 0.361 e. The molecule has 140 valence electrons. The zero-order chi connectivity index (χ0) is 18.9. The molecule has 0 spiro atoms. The third kappa shape index (κ3) is 3.82. The molecule has 1 unspecified atom stereocenters. The van der Waals surface area contributed by atoms with E-state index in [1.54, 1.807) is 6.07 Å². The summed E-state index contributed by atoms with van der Waals surface area (Å²) in [7, 11) is 4.01. The molecule has 0 aromatic heterocycles. The van der Waals surface area contributed by atoms with Crippen LogP contribution in [0.1, 0.15) is 35.1 Å². The minimum atomic E-state index is -4.34. The SMILES string of the molecule is CN(C)CCCC1(c2ccc(Br)cc2)OCc2cc(C(F)(F)F)ccc21. The summed E-state index contributed by atoms with van der Waals surface area (Å²) in [6, 6.07) is 11.8. The van der Waals surface area contributed by atoms with Gasteiger partial charge in [0, 0.05) is 4.47 Å². The lowest BCUT2D eigenvalue weighted by Crippen LogP contribution is -2.28. The van der Waals surface area contributed by atoms with Crippen molar-refractivity contribution >= 4 is 15.9 Å². The highest BCUT2D eigenvalue weighted by Crippen LogP contribution is 2.46. The number of hydrogen-bond donors (Lipinski definition) is 0. The Morgan fingerprint density at radius 1 is 1.12 bits per heavy atom. The van der Waals surface area contributed by atoms with Gasteiger partial charge in [-0.15, -0.1) is 0 Å². The van der Waals surface area contributed by atoms with Gasteiger partial charge in [-0.1, -0.05) is 34.1 Å². The molecule has 2 nitrogen and oxygen atoms in total. The van der Waals surface area contributed by atoms with Crippen molar-refractivity contribution in [2.45, 2.75) is 31.2 Å². The van der Waals surface area contributed by atoms with Crippen molar-refractivity contribution in [1.82, 2.24) is 4.90 Å². The normalized spacial score (nSPS) is 19.8. The first-order valence-electron chi connectivity index (χ1n) is 8.48. The number of rotatable bonds is 5. The predicted molar refractivity (Wildman–Crippen MR) is 98.9 cm³/mol. The Morgan fingerprint density at radius 3 is 2.42 bits per heavy atom. The number of nitrogens with zero attached hydrogens (tertiary/aromatic N) is 1. The maximum Gasteiger partial charge on any atom is 0.416 e. The van der Waals surface area contributed by atoms with Gasteiger partial charge in [-0.2, -0.15) is 13.2 Å². The molecule has 2 aromatic rings. The Bertz CT molecular complexity index is 774. The fourth-order valence-electron chi connectivity index (χ4n) is 3.52. The lowest BCUT2D eigenvalue weighted by Gasteiger charge is -2.31. The van der Waals surface area contributed by atoms with Gasteiger partial charge < -0.3 is 9.64 Å². The van der Waals surface area contributed by atoms with E-state index in [1.807, 2.05) is 38.4 Å². The molecule has 1 heterocycles. The maximum atomic E-state index is 13.1. The summed E-state index contributed by atoms with van der Waals surface area (Å²) in [6.07, 6.45) is -2.75. The molecule has 1 aliphatic heterocycles. The van der Waals surface area contributed by atoms with E-state index in [9.17, 15) is 13.2 Å². The van der Waals surface area contributed by atoms with Crippen LogP contribution in [0.4, 0.5) is 13.2 Å². The maximum absolute atomic E-state index is 13.1. The zero-order valence-corrected chi connectivity index (χ0v) is 16.3. The first-order valence-corrected chi connectivity index (χ1v) is 9.27. The van der Waals surface area contributed by atoms with Gasteiger partial charge in [0.05, 0.1) is 12.2 Å². The average molecular weight is 428 g/mol. The van der Waals surface area contributed by atoms with Crippen LogP contribution in [0.2, 0.25) is 0 Å². The summed E-state index contributed by atoms with van der Waals surface area (Å²) in [4.78, 5) is 2.10. The molecule has 2 aromatic carbocycles. The molecular weight excluding hydrogens is 407 g/mol. The molecule has 0 N–H and O–H groups in total. The van der Waals surface area contributed by atoms with Crippen LogP contribution >= 0.6 is 15.9 Å². The lowest BCUT2D eigenvalue weighted by atomic mass is 9.81. The van der Waals surface area contributed by atoms with E-state index in [1.165, 1.54) is 6.07 Å². The molecule has 1 atom stereocenters. The van der Waals surface area contributed by atoms with Crippen molar-refractivity contribution in [3.8, 4) is 0 Å². The fourth-order valence-corrected chi connectivity index (χ4v) is 3.78. The van der Waals surface area contributed by atoms with Crippen molar-refractivity contribution < 1.29 is 17.9 Å². The second-order valence-electron chi connectivity index (χ2n) is 6.90. The molecule has 26 heavy (non-hydrogen) atoms. The van der Waals surface area contributed by atoms with E-state index in [-0.39, 0.29) is 6.61 Å². The Labute approximate surface area is 160 Å². The highest BCUT2D eigenvalue weighted by Gasteiger charge is 2.42. The van der Waals surface area contributed by atoms with Crippen molar-refractivity contribution in [1.29, 1.82) is 0 Å².